The molecular weight excluding hydrogens is 399 g/mol. The lowest BCUT2D eigenvalue weighted by atomic mass is 9.82. The average Bonchev–Trinajstić information content (AvgIpc) is 3.08. The standard InChI is InChI=1S/C15H21N3O2S.C2HF3O2/c19-15(17-10-1-2-10)12-7-18(9-14-16-4-6-21-14)8-13-11(12)3-5-20-13;3-2(4,5)1(6)7/h4,6,10-13H,1-3,5,7-9H2,(H,17,19);(H,6,7)/t11-,12-,13+;/m0./s1. The highest BCUT2D eigenvalue weighted by Crippen LogP contribution is 2.35. The molecule has 2 N–H and O–H groups in total. The number of thiazole rings is 1. The molecule has 28 heavy (non-hydrogen) atoms. The number of hydrogen-bond donors (Lipinski definition) is 2. The Hall–Kier alpha value is -1.72. The summed E-state index contributed by atoms with van der Waals surface area (Å²) in [4.78, 5) is 28.1. The van der Waals surface area contributed by atoms with E-state index in [1.807, 2.05) is 11.6 Å². The highest BCUT2D eigenvalue weighted by molar-refractivity contribution is 7.09. The molecule has 1 aromatic rings. The zero-order valence-electron chi connectivity index (χ0n) is 15.0. The fourth-order valence-corrected chi connectivity index (χ4v) is 4.18. The summed E-state index contributed by atoms with van der Waals surface area (Å²) in [6.07, 6.45) is 0.292. The molecule has 11 heteroatoms. The van der Waals surface area contributed by atoms with E-state index in [4.69, 9.17) is 14.6 Å². The molecule has 2 aliphatic heterocycles. The molecule has 0 bridgehead atoms. The van der Waals surface area contributed by atoms with Crippen molar-refractivity contribution < 1.29 is 32.6 Å². The average molecular weight is 421 g/mol. The number of likely N-dealkylation sites (tertiary alicyclic amines) is 1. The van der Waals surface area contributed by atoms with Gasteiger partial charge >= 0.3 is 12.1 Å². The number of alkyl halides is 3. The van der Waals surface area contributed by atoms with Crippen LogP contribution in [0.4, 0.5) is 13.2 Å². The number of aromatic nitrogens is 1. The summed E-state index contributed by atoms with van der Waals surface area (Å²) in [5.41, 5.74) is 0. The summed E-state index contributed by atoms with van der Waals surface area (Å²) in [6, 6.07) is 0.438. The summed E-state index contributed by atoms with van der Waals surface area (Å²) in [5.74, 6) is -2.04. The largest absolute Gasteiger partial charge is 0.490 e. The number of carboxylic acid groups (broad SMARTS) is 1. The minimum Gasteiger partial charge on any atom is -0.475 e. The Morgan fingerprint density at radius 3 is 2.61 bits per heavy atom. The molecule has 1 amide bonds. The number of amides is 1. The number of hydrogen-bond acceptors (Lipinski definition) is 6. The number of nitrogens with zero attached hydrogens (tertiary/aromatic N) is 2. The first kappa shape index (κ1) is 21.0. The lowest BCUT2D eigenvalue weighted by Crippen LogP contribution is -2.52. The first-order chi connectivity index (χ1) is 13.2. The molecule has 2 saturated heterocycles. The number of carboxylic acids is 1. The highest BCUT2D eigenvalue weighted by Gasteiger charge is 2.44. The van der Waals surface area contributed by atoms with Gasteiger partial charge in [-0.3, -0.25) is 9.69 Å². The number of carbonyl (C=O) groups is 2. The molecule has 3 aliphatic rings. The van der Waals surface area contributed by atoms with E-state index in [0.29, 0.717) is 12.0 Å². The van der Waals surface area contributed by atoms with Crippen LogP contribution in [0.3, 0.4) is 0 Å². The van der Waals surface area contributed by atoms with Gasteiger partial charge in [0, 0.05) is 43.2 Å². The van der Waals surface area contributed by atoms with Crippen molar-refractivity contribution in [1.29, 1.82) is 0 Å². The van der Waals surface area contributed by atoms with Gasteiger partial charge in [-0.2, -0.15) is 13.2 Å². The van der Waals surface area contributed by atoms with E-state index in [2.05, 4.69) is 15.2 Å². The Morgan fingerprint density at radius 2 is 2.04 bits per heavy atom. The quantitative estimate of drug-likeness (QED) is 0.772. The smallest absolute Gasteiger partial charge is 0.475 e. The molecule has 3 fully saturated rings. The van der Waals surface area contributed by atoms with E-state index in [1.165, 1.54) is 0 Å². The second kappa shape index (κ2) is 8.75. The third kappa shape index (κ3) is 5.65. The molecule has 1 aromatic heterocycles. The van der Waals surface area contributed by atoms with Gasteiger partial charge in [0.1, 0.15) is 5.01 Å². The van der Waals surface area contributed by atoms with E-state index in [0.717, 1.165) is 50.5 Å². The van der Waals surface area contributed by atoms with Gasteiger partial charge in [-0.15, -0.1) is 11.3 Å². The van der Waals surface area contributed by atoms with Gasteiger partial charge in [-0.05, 0) is 19.3 Å². The zero-order valence-corrected chi connectivity index (χ0v) is 15.8. The Kier molecular flexibility index (Phi) is 6.56. The third-order valence-corrected chi connectivity index (χ3v) is 5.78. The van der Waals surface area contributed by atoms with Gasteiger partial charge < -0.3 is 15.2 Å². The predicted molar refractivity (Wildman–Crippen MR) is 93.6 cm³/mol. The minimum absolute atomic E-state index is 0.0758. The molecule has 0 aromatic carbocycles. The summed E-state index contributed by atoms with van der Waals surface area (Å²) in [5, 5.41) is 13.4. The molecule has 7 nitrogen and oxygen atoms in total. The molecule has 0 radical (unpaired) electrons. The van der Waals surface area contributed by atoms with Crippen molar-refractivity contribution in [3.05, 3.63) is 16.6 Å². The van der Waals surface area contributed by atoms with Crippen molar-refractivity contribution in [3.8, 4) is 0 Å². The fourth-order valence-electron chi connectivity index (χ4n) is 3.52. The van der Waals surface area contributed by atoms with Crippen molar-refractivity contribution in [2.45, 2.75) is 44.1 Å². The SMILES string of the molecule is O=C(NC1CC1)[C@H]1CN(Cc2nccs2)C[C@H]2OCC[C@@H]12.O=C(O)C(F)(F)F. The number of rotatable bonds is 4. The lowest BCUT2D eigenvalue weighted by molar-refractivity contribution is -0.192. The van der Waals surface area contributed by atoms with Crippen molar-refractivity contribution >= 4 is 23.2 Å². The summed E-state index contributed by atoms with van der Waals surface area (Å²) < 4.78 is 37.6. The summed E-state index contributed by atoms with van der Waals surface area (Å²) in [6.45, 7) is 3.39. The number of piperidine rings is 1. The maximum atomic E-state index is 12.5. The molecule has 1 saturated carbocycles. The van der Waals surface area contributed by atoms with Crippen LogP contribution in [-0.4, -0.2) is 64.9 Å². The molecule has 1 aliphatic carbocycles. The van der Waals surface area contributed by atoms with E-state index in [9.17, 15) is 18.0 Å². The van der Waals surface area contributed by atoms with E-state index < -0.39 is 12.1 Å². The predicted octanol–water partition coefficient (Wildman–Crippen LogP) is 1.89. The van der Waals surface area contributed by atoms with Crippen LogP contribution >= 0.6 is 11.3 Å². The van der Waals surface area contributed by atoms with Crippen LogP contribution in [0.15, 0.2) is 11.6 Å². The van der Waals surface area contributed by atoms with Crippen LogP contribution in [-0.2, 0) is 20.9 Å². The number of aliphatic carboxylic acids is 1. The zero-order chi connectivity index (χ0) is 20.3. The molecule has 0 spiro atoms. The van der Waals surface area contributed by atoms with Gasteiger partial charge in [0.15, 0.2) is 0 Å². The van der Waals surface area contributed by atoms with Gasteiger partial charge in [0.25, 0.3) is 0 Å². The number of ether oxygens (including phenoxy) is 1. The number of fused-ring (bicyclic) bond motifs is 1. The number of carbonyl (C=O) groups excluding carboxylic acids is 1. The molecule has 3 atom stereocenters. The van der Waals surface area contributed by atoms with Crippen LogP contribution in [0, 0.1) is 11.8 Å². The number of nitrogens with one attached hydrogen (secondary N) is 1. The maximum Gasteiger partial charge on any atom is 0.490 e. The Morgan fingerprint density at radius 1 is 1.32 bits per heavy atom. The van der Waals surface area contributed by atoms with Gasteiger partial charge in [-0.25, -0.2) is 9.78 Å². The highest BCUT2D eigenvalue weighted by atomic mass is 32.1. The van der Waals surface area contributed by atoms with Crippen LogP contribution < -0.4 is 5.32 Å². The second-order valence-corrected chi connectivity index (χ2v) is 8.15. The van der Waals surface area contributed by atoms with Crippen molar-refractivity contribution in [3.63, 3.8) is 0 Å². The van der Waals surface area contributed by atoms with Crippen LogP contribution in [0.1, 0.15) is 24.3 Å². The molecule has 0 unspecified atom stereocenters. The minimum atomic E-state index is -5.08. The summed E-state index contributed by atoms with van der Waals surface area (Å²) in [7, 11) is 0. The summed E-state index contributed by atoms with van der Waals surface area (Å²) >= 11 is 1.68. The van der Waals surface area contributed by atoms with Crippen LogP contribution in [0.2, 0.25) is 0 Å². The third-order valence-electron chi connectivity index (χ3n) is 5.02. The Balaban J connectivity index is 0.000000279. The molecular formula is C17H22F3N3O4S. The topological polar surface area (TPSA) is 91.8 Å². The first-order valence-corrected chi connectivity index (χ1v) is 9.95. The van der Waals surface area contributed by atoms with Crippen molar-refractivity contribution in [2.24, 2.45) is 11.8 Å². The van der Waals surface area contributed by atoms with Gasteiger partial charge in [-0.1, -0.05) is 0 Å². The normalized spacial score (nSPS) is 27.5. The number of halogens is 3. The first-order valence-electron chi connectivity index (χ1n) is 9.07. The maximum absolute atomic E-state index is 12.5. The van der Waals surface area contributed by atoms with E-state index >= 15 is 0 Å². The Labute approximate surface area is 163 Å². The van der Waals surface area contributed by atoms with Crippen molar-refractivity contribution in [2.75, 3.05) is 19.7 Å². The van der Waals surface area contributed by atoms with Gasteiger partial charge in [0.2, 0.25) is 5.91 Å². The fraction of sp³-hybridized carbons (Fsp3) is 0.706. The molecule has 3 heterocycles. The lowest BCUT2D eigenvalue weighted by Gasteiger charge is -2.39. The van der Waals surface area contributed by atoms with Crippen molar-refractivity contribution in [1.82, 2.24) is 15.2 Å². The van der Waals surface area contributed by atoms with Crippen LogP contribution in [0.25, 0.3) is 0 Å². The second-order valence-electron chi connectivity index (χ2n) is 7.17. The molecule has 156 valence electrons. The Bertz CT molecular complexity index is 682. The molecule has 4 rings (SSSR count). The monoisotopic (exact) mass is 421 g/mol. The van der Waals surface area contributed by atoms with Crippen LogP contribution in [0.5, 0.6) is 0 Å². The van der Waals surface area contributed by atoms with Gasteiger partial charge in [0.05, 0.1) is 18.6 Å². The van der Waals surface area contributed by atoms with E-state index in [-0.39, 0.29) is 17.9 Å². The van der Waals surface area contributed by atoms with E-state index in [1.54, 1.807) is 11.3 Å².